The number of carbonyl (C=O) groups excluding carboxylic acids is 1. The molecule has 1 heterocycles. The first kappa shape index (κ1) is 17.8. The molecule has 1 aromatic carbocycles. The largest absolute Gasteiger partial charge is 0.444 e. The van der Waals surface area contributed by atoms with Gasteiger partial charge < -0.3 is 14.2 Å². The third kappa shape index (κ3) is 4.94. The highest BCUT2D eigenvalue weighted by Gasteiger charge is 2.45. The topological polar surface area (TPSA) is 48.0 Å². The molecule has 0 unspecified atom stereocenters. The highest BCUT2D eigenvalue weighted by atomic mass is 16.6. The van der Waals surface area contributed by atoms with E-state index in [1.807, 2.05) is 65.0 Å². The van der Waals surface area contributed by atoms with Crippen LogP contribution in [0.2, 0.25) is 0 Å². The second-order valence-electron chi connectivity index (χ2n) is 7.26. The fourth-order valence-corrected chi connectivity index (χ4v) is 2.57. The maximum atomic E-state index is 12.5. The lowest BCUT2D eigenvalue weighted by molar-refractivity contribution is -0.0658. The molecular weight excluding hydrogens is 294 g/mol. The Balaban J connectivity index is 1.95. The second-order valence-corrected chi connectivity index (χ2v) is 7.26. The van der Waals surface area contributed by atoms with Gasteiger partial charge >= 0.3 is 6.09 Å². The molecule has 5 nitrogen and oxygen atoms in total. The van der Waals surface area contributed by atoms with Gasteiger partial charge in [-0.3, -0.25) is 4.90 Å². The molecule has 0 saturated carbocycles. The van der Waals surface area contributed by atoms with Crippen molar-refractivity contribution in [2.75, 3.05) is 13.2 Å². The molecule has 1 saturated heterocycles. The molecular formula is C18H27NO4. The Morgan fingerprint density at radius 2 is 1.96 bits per heavy atom. The van der Waals surface area contributed by atoms with E-state index in [4.69, 9.17) is 14.2 Å². The van der Waals surface area contributed by atoms with E-state index in [1.165, 1.54) is 0 Å². The summed E-state index contributed by atoms with van der Waals surface area (Å²) in [5.41, 5.74) is -0.122. The van der Waals surface area contributed by atoms with E-state index in [1.54, 1.807) is 4.90 Å². The smallest absolute Gasteiger partial charge is 0.412 e. The van der Waals surface area contributed by atoms with E-state index in [0.29, 0.717) is 19.8 Å². The van der Waals surface area contributed by atoms with Gasteiger partial charge in [0.2, 0.25) is 0 Å². The summed E-state index contributed by atoms with van der Waals surface area (Å²) in [5.74, 6) is 0. The zero-order valence-electron chi connectivity index (χ0n) is 14.7. The van der Waals surface area contributed by atoms with Crippen LogP contribution in [0.15, 0.2) is 30.3 Å². The number of ether oxygens (including phenoxy) is 3. The van der Waals surface area contributed by atoms with E-state index < -0.39 is 11.3 Å². The Labute approximate surface area is 138 Å². The number of nitrogens with zero attached hydrogens (tertiary/aromatic N) is 1. The second kappa shape index (κ2) is 6.89. The molecule has 1 amide bonds. The molecule has 0 spiro atoms. The van der Waals surface area contributed by atoms with Crippen LogP contribution in [-0.4, -0.2) is 41.6 Å². The zero-order chi connectivity index (χ0) is 17.1. The SMILES string of the molecule is CC(C)(C)OC(=O)N1[C@@H](COCc2ccccc2)COC1(C)C. The average Bonchev–Trinajstić information content (AvgIpc) is 2.73. The first-order valence-electron chi connectivity index (χ1n) is 7.97. The van der Waals surface area contributed by atoms with Crippen LogP contribution in [0.4, 0.5) is 4.79 Å². The summed E-state index contributed by atoms with van der Waals surface area (Å²) in [6.45, 7) is 10.7. The molecule has 128 valence electrons. The number of hydrogen-bond acceptors (Lipinski definition) is 4. The van der Waals surface area contributed by atoms with Crippen molar-refractivity contribution in [3.8, 4) is 0 Å². The van der Waals surface area contributed by atoms with Gasteiger partial charge in [-0.15, -0.1) is 0 Å². The van der Waals surface area contributed by atoms with Gasteiger partial charge in [0.25, 0.3) is 0 Å². The Bertz CT molecular complexity index is 522. The summed E-state index contributed by atoms with van der Waals surface area (Å²) in [6, 6.07) is 9.81. The lowest BCUT2D eigenvalue weighted by Crippen LogP contribution is -2.51. The van der Waals surface area contributed by atoms with Crippen LogP contribution < -0.4 is 0 Å². The van der Waals surface area contributed by atoms with Gasteiger partial charge in [-0.25, -0.2) is 4.79 Å². The van der Waals surface area contributed by atoms with Crippen LogP contribution in [0.25, 0.3) is 0 Å². The maximum Gasteiger partial charge on any atom is 0.412 e. The van der Waals surface area contributed by atoms with Gasteiger partial charge in [-0.05, 0) is 40.2 Å². The van der Waals surface area contributed by atoms with Crippen molar-refractivity contribution in [3.63, 3.8) is 0 Å². The van der Waals surface area contributed by atoms with Crippen LogP contribution in [0.1, 0.15) is 40.2 Å². The van der Waals surface area contributed by atoms with E-state index in [9.17, 15) is 4.79 Å². The van der Waals surface area contributed by atoms with Gasteiger partial charge in [-0.1, -0.05) is 30.3 Å². The Hall–Kier alpha value is -1.59. The molecule has 0 aromatic heterocycles. The minimum Gasteiger partial charge on any atom is -0.444 e. The minimum absolute atomic E-state index is 0.149. The zero-order valence-corrected chi connectivity index (χ0v) is 14.7. The molecule has 5 heteroatoms. The van der Waals surface area contributed by atoms with Gasteiger partial charge in [0.15, 0.2) is 0 Å². The summed E-state index contributed by atoms with van der Waals surface area (Å²) >= 11 is 0. The highest BCUT2D eigenvalue weighted by Crippen LogP contribution is 2.29. The third-order valence-electron chi connectivity index (χ3n) is 3.59. The van der Waals surface area contributed by atoms with Crippen molar-refractivity contribution >= 4 is 6.09 Å². The van der Waals surface area contributed by atoms with Crippen LogP contribution >= 0.6 is 0 Å². The molecule has 1 aliphatic heterocycles. The lowest BCUT2D eigenvalue weighted by Gasteiger charge is -2.35. The summed E-state index contributed by atoms with van der Waals surface area (Å²) in [5, 5.41) is 0. The summed E-state index contributed by atoms with van der Waals surface area (Å²) < 4.78 is 17.0. The molecule has 0 aliphatic carbocycles. The van der Waals surface area contributed by atoms with Crippen LogP contribution in [0.3, 0.4) is 0 Å². The van der Waals surface area contributed by atoms with E-state index in [2.05, 4.69) is 0 Å². The molecule has 23 heavy (non-hydrogen) atoms. The molecule has 1 fully saturated rings. The summed E-state index contributed by atoms with van der Waals surface area (Å²) in [7, 11) is 0. The molecule has 1 aliphatic rings. The molecule has 0 radical (unpaired) electrons. The molecule has 0 bridgehead atoms. The van der Waals surface area contributed by atoms with Gasteiger partial charge in [0, 0.05) is 0 Å². The average molecular weight is 321 g/mol. The Kier molecular flexibility index (Phi) is 5.32. The normalized spacial score (nSPS) is 20.6. The van der Waals surface area contributed by atoms with E-state index >= 15 is 0 Å². The number of benzene rings is 1. The minimum atomic E-state index is -0.691. The van der Waals surface area contributed by atoms with Crippen LogP contribution in [-0.2, 0) is 20.8 Å². The van der Waals surface area contributed by atoms with Gasteiger partial charge in [-0.2, -0.15) is 0 Å². The van der Waals surface area contributed by atoms with Crippen LogP contribution in [0.5, 0.6) is 0 Å². The Morgan fingerprint density at radius 3 is 2.57 bits per heavy atom. The van der Waals surface area contributed by atoms with Crippen molar-refractivity contribution in [1.29, 1.82) is 0 Å². The van der Waals surface area contributed by atoms with Gasteiger partial charge in [0.05, 0.1) is 25.9 Å². The van der Waals surface area contributed by atoms with E-state index in [0.717, 1.165) is 5.56 Å². The number of amides is 1. The van der Waals surface area contributed by atoms with Crippen molar-refractivity contribution < 1.29 is 19.0 Å². The monoisotopic (exact) mass is 321 g/mol. The van der Waals surface area contributed by atoms with Gasteiger partial charge in [0.1, 0.15) is 11.3 Å². The molecule has 2 rings (SSSR count). The first-order chi connectivity index (χ1) is 10.7. The number of hydrogen-bond donors (Lipinski definition) is 0. The third-order valence-corrected chi connectivity index (χ3v) is 3.59. The number of carbonyl (C=O) groups is 1. The fourth-order valence-electron chi connectivity index (χ4n) is 2.57. The van der Waals surface area contributed by atoms with Crippen LogP contribution in [0, 0.1) is 0 Å². The maximum absolute atomic E-state index is 12.5. The molecule has 0 N–H and O–H groups in total. The predicted molar refractivity (Wildman–Crippen MR) is 88.0 cm³/mol. The predicted octanol–water partition coefficient (Wildman–Crippen LogP) is 3.58. The quantitative estimate of drug-likeness (QED) is 0.850. The fraction of sp³-hybridized carbons (Fsp3) is 0.611. The lowest BCUT2D eigenvalue weighted by atomic mass is 10.2. The Morgan fingerprint density at radius 1 is 1.30 bits per heavy atom. The standard InChI is InChI=1S/C18H27NO4/c1-17(2,3)23-16(20)19-15(13-22-18(19,4)5)12-21-11-14-9-7-6-8-10-14/h6-10,15H,11-13H2,1-5H3/t15-/m0/s1. The summed E-state index contributed by atoms with van der Waals surface area (Å²) in [6.07, 6.45) is -0.367. The van der Waals surface area contributed by atoms with Crippen molar-refractivity contribution in [3.05, 3.63) is 35.9 Å². The summed E-state index contributed by atoms with van der Waals surface area (Å²) in [4.78, 5) is 14.1. The van der Waals surface area contributed by atoms with Crippen molar-refractivity contribution in [2.24, 2.45) is 0 Å². The molecule has 1 atom stereocenters. The van der Waals surface area contributed by atoms with Crippen molar-refractivity contribution in [1.82, 2.24) is 4.90 Å². The van der Waals surface area contributed by atoms with Crippen molar-refractivity contribution in [2.45, 2.75) is 58.6 Å². The number of rotatable bonds is 4. The molecule has 1 aromatic rings. The first-order valence-corrected chi connectivity index (χ1v) is 7.97. The van der Waals surface area contributed by atoms with E-state index in [-0.39, 0.29) is 12.1 Å². The highest BCUT2D eigenvalue weighted by molar-refractivity contribution is 5.69.